The zero-order valence-corrected chi connectivity index (χ0v) is 13.0. The van der Waals surface area contributed by atoms with Crippen LogP contribution in [0.5, 0.6) is 0 Å². The van der Waals surface area contributed by atoms with Crippen molar-refractivity contribution < 1.29 is 4.74 Å². The molecule has 0 radical (unpaired) electrons. The first-order valence-electron chi connectivity index (χ1n) is 8.00. The number of rotatable bonds is 14. The second-order valence-electron chi connectivity index (χ2n) is 5.60. The fourth-order valence-corrected chi connectivity index (χ4v) is 2.04. The Morgan fingerprint density at radius 2 is 1.17 bits per heavy atom. The predicted octanol–water partition coefficient (Wildman–Crippen LogP) is 4.49. The minimum atomic E-state index is 0.879. The van der Waals surface area contributed by atoms with Crippen LogP contribution in [0.25, 0.3) is 0 Å². The lowest BCUT2D eigenvalue weighted by Gasteiger charge is -2.09. The molecule has 0 rings (SSSR count). The largest absolute Gasteiger partial charge is 0.380 e. The molecule has 2 heteroatoms. The molecule has 0 amide bonds. The van der Waals surface area contributed by atoms with Gasteiger partial charge in [-0.25, -0.2) is 0 Å². The van der Waals surface area contributed by atoms with Crippen LogP contribution in [0.2, 0.25) is 0 Å². The Labute approximate surface area is 115 Å². The van der Waals surface area contributed by atoms with E-state index >= 15 is 0 Å². The summed E-state index contributed by atoms with van der Waals surface area (Å²) in [5.74, 6) is 0. The van der Waals surface area contributed by atoms with Gasteiger partial charge in [0.05, 0.1) is 6.61 Å². The van der Waals surface area contributed by atoms with Crippen molar-refractivity contribution in [1.29, 1.82) is 0 Å². The zero-order chi connectivity index (χ0) is 13.5. The third-order valence-corrected chi connectivity index (χ3v) is 3.33. The average molecular weight is 257 g/mol. The highest BCUT2D eigenvalue weighted by Gasteiger charge is 1.94. The van der Waals surface area contributed by atoms with Crippen LogP contribution < -0.4 is 0 Å². The Hall–Kier alpha value is -0.0800. The Balaban J connectivity index is 2.90. The molecule has 0 aliphatic carbocycles. The molecule has 110 valence electrons. The number of nitrogens with zero attached hydrogens (tertiary/aromatic N) is 1. The molecule has 0 aromatic rings. The van der Waals surface area contributed by atoms with E-state index in [2.05, 4.69) is 25.9 Å². The summed E-state index contributed by atoms with van der Waals surface area (Å²) in [6, 6.07) is 0. The molecule has 0 saturated heterocycles. The van der Waals surface area contributed by atoms with E-state index in [1.807, 2.05) is 0 Å². The number of ether oxygens (including phenoxy) is 1. The van der Waals surface area contributed by atoms with Crippen LogP contribution in [-0.4, -0.2) is 38.8 Å². The van der Waals surface area contributed by atoms with E-state index in [4.69, 9.17) is 4.74 Å². The van der Waals surface area contributed by atoms with Crippen LogP contribution in [0.1, 0.15) is 71.1 Å². The molecule has 18 heavy (non-hydrogen) atoms. The molecule has 0 aromatic heterocycles. The van der Waals surface area contributed by atoms with Crippen LogP contribution in [-0.2, 0) is 4.74 Å². The van der Waals surface area contributed by atoms with Crippen LogP contribution in [0.3, 0.4) is 0 Å². The summed E-state index contributed by atoms with van der Waals surface area (Å²) < 4.78 is 5.57. The maximum atomic E-state index is 5.57. The monoisotopic (exact) mass is 257 g/mol. The fourth-order valence-electron chi connectivity index (χ4n) is 2.04. The first kappa shape index (κ1) is 17.9. The van der Waals surface area contributed by atoms with E-state index in [1.165, 1.54) is 64.2 Å². The highest BCUT2D eigenvalue weighted by molar-refractivity contribution is 4.47. The first-order valence-corrected chi connectivity index (χ1v) is 8.00. The van der Waals surface area contributed by atoms with Gasteiger partial charge in [0.1, 0.15) is 0 Å². The fraction of sp³-hybridized carbons (Fsp3) is 1.00. The number of hydrogen-bond acceptors (Lipinski definition) is 2. The van der Waals surface area contributed by atoms with Gasteiger partial charge in [-0.1, -0.05) is 64.7 Å². The summed E-state index contributed by atoms with van der Waals surface area (Å²) in [5.41, 5.74) is 0. The summed E-state index contributed by atoms with van der Waals surface area (Å²) in [4.78, 5) is 2.17. The van der Waals surface area contributed by atoms with Gasteiger partial charge in [0.15, 0.2) is 0 Å². The molecule has 0 fully saturated rings. The van der Waals surface area contributed by atoms with Crippen molar-refractivity contribution in [2.45, 2.75) is 71.1 Å². The molecule has 0 aromatic carbocycles. The van der Waals surface area contributed by atoms with Gasteiger partial charge in [-0.05, 0) is 20.5 Å². The van der Waals surface area contributed by atoms with Gasteiger partial charge in [0.2, 0.25) is 0 Å². The highest BCUT2D eigenvalue weighted by Crippen LogP contribution is 2.10. The molecule has 0 saturated carbocycles. The van der Waals surface area contributed by atoms with Crippen molar-refractivity contribution in [1.82, 2.24) is 4.90 Å². The Morgan fingerprint density at radius 1 is 0.667 bits per heavy atom. The molecule has 0 atom stereocenters. The van der Waals surface area contributed by atoms with Crippen molar-refractivity contribution in [3.63, 3.8) is 0 Å². The summed E-state index contributed by atoms with van der Waals surface area (Å²) in [6.45, 7) is 5.15. The smallest absolute Gasteiger partial charge is 0.0593 e. The van der Waals surface area contributed by atoms with Crippen LogP contribution in [0.15, 0.2) is 0 Å². The molecule has 0 aliphatic rings. The normalized spacial score (nSPS) is 11.3. The lowest BCUT2D eigenvalue weighted by molar-refractivity contribution is 0.114. The third kappa shape index (κ3) is 15.9. The quantitative estimate of drug-likeness (QED) is 0.425. The minimum Gasteiger partial charge on any atom is -0.380 e. The summed E-state index contributed by atoms with van der Waals surface area (Å²) in [7, 11) is 4.17. The van der Waals surface area contributed by atoms with Crippen LogP contribution >= 0.6 is 0 Å². The molecule has 0 N–H and O–H groups in total. The maximum Gasteiger partial charge on any atom is 0.0593 e. The van der Waals surface area contributed by atoms with Gasteiger partial charge in [-0.15, -0.1) is 0 Å². The Bertz CT molecular complexity index is 148. The number of unbranched alkanes of at least 4 members (excludes halogenated alkanes) is 9. The minimum absolute atomic E-state index is 0.879. The Morgan fingerprint density at radius 3 is 1.67 bits per heavy atom. The van der Waals surface area contributed by atoms with Crippen molar-refractivity contribution >= 4 is 0 Å². The first-order chi connectivity index (χ1) is 8.77. The summed E-state index contributed by atoms with van der Waals surface area (Å²) >= 11 is 0. The molecule has 0 bridgehead atoms. The average Bonchev–Trinajstić information content (AvgIpc) is 2.34. The Kier molecular flexibility index (Phi) is 14.9. The second kappa shape index (κ2) is 15.0. The van der Waals surface area contributed by atoms with Crippen molar-refractivity contribution in [3.05, 3.63) is 0 Å². The second-order valence-corrected chi connectivity index (χ2v) is 5.60. The molecule has 0 unspecified atom stereocenters. The molecular formula is C16H35NO. The number of likely N-dealkylation sites (N-methyl/N-ethyl adjacent to an activating group) is 1. The van der Waals surface area contributed by atoms with Crippen LogP contribution in [0, 0.1) is 0 Å². The predicted molar refractivity (Wildman–Crippen MR) is 81.2 cm³/mol. The van der Waals surface area contributed by atoms with E-state index < -0.39 is 0 Å². The van der Waals surface area contributed by atoms with Crippen LogP contribution in [0.4, 0.5) is 0 Å². The van der Waals surface area contributed by atoms with E-state index in [0.29, 0.717) is 0 Å². The molecule has 0 heterocycles. The summed E-state index contributed by atoms with van der Waals surface area (Å²) in [6.07, 6.45) is 13.9. The van der Waals surface area contributed by atoms with Gasteiger partial charge in [-0.3, -0.25) is 0 Å². The lowest BCUT2D eigenvalue weighted by Crippen LogP contribution is -2.18. The van der Waals surface area contributed by atoms with Gasteiger partial charge >= 0.3 is 0 Å². The topological polar surface area (TPSA) is 12.5 Å². The molecule has 0 spiro atoms. The zero-order valence-electron chi connectivity index (χ0n) is 13.0. The highest BCUT2D eigenvalue weighted by atomic mass is 16.5. The van der Waals surface area contributed by atoms with Gasteiger partial charge in [0.25, 0.3) is 0 Å². The van der Waals surface area contributed by atoms with E-state index in [0.717, 1.165) is 19.8 Å². The van der Waals surface area contributed by atoms with E-state index in [-0.39, 0.29) is 0 Å². The van der Waals surface area contributed by atoms with Crippen molar-refractivity contribution in [2.24, 2.45) is 0 Å². The SMILES string of the molecule is CCCCCCCCCCCCOCCN(C)C. The van der Waals surface area contributed by atoms with Crippen molar-refractivity contribution in [2.75, 3.05) is 33.9 Å². The van der Waals surface area contributed by atoms with Gasteiger partial charge < -0.3 is 9.64 Å². The molecule has 2 nitrogen and oxygen atoms in total. The molecule has 0 aliphatic heterocycles. The van der Waals surface area contributed by atoms with E-state index in [9.17, 15) is 0 Å². The van der Waals surface area contributed by atoms with Gasteiger partial charge in [-0.2, -0.15) is 0 Å². The molecular weight excluding hydrogens is 222 g/mol. The third-order valence-electron chi connectivity index (χ3n) is 3.33. The summed E-state index contributed by atoms with van der Waals surface area (Å²) in [5, 5.41) is 0. The van der Waals surface area contributed by atoms with Gasteiger partial charge in [0, 0.05) is 13.2 Å². The number of hydrogen-bond donors (Lipinski definition) is 0. The maximum absolute atomic E-state index is 5.57. The van der Waals surface area contributed by atoms with Crippen molar-refractivity contribution in [3.8, 4) is 0 Å². The standard InChI is InChI=1S/C16H35NO/c1-4-5-6-7-8-9-10-11-12-13-15-18-16-14-17(2)3/h4-16H2,1-3H3. The van der Waals surface area contributed by atoms with E-state index in [1.54, 1.807) is 0 Å². The lowest BCUT2D eigenvalue weighted by atomic mass is 10.1.